The van der Waals surface area contributed by atoms with Gasteiger partial charge in [0.05, 0.1) is 0 Å². The monoisotopic (exact) mass is 226 g/mol. The predicted octanol–water partition coefficient (Wildman–Crippen LogP) is 2.29. The molecule has 0 heterocycles. The lowest BCUT2D eigenvalue weighted by Crippen LogP contribution is -2.20. The first-order valence-electron chi connectivity index (χ1n) is 5.43. The van der Waals surface area contributed by atoms with Crippen molar-refractivity contribution in [2.45, 2.75) is 38.8 Å². The van der Waals surface area contributed by atoms with Crippen LogP contribution in [0.25, 0.3) is 0 Å². The Morgan fingerprint density at radius 1 is 1.20 bits per heavy atom. The second-order valence-electron chi connectivity index (χ2n) is 3.95. The Hall–Kier alpha value is -0.290. The van der Waals surface area contributed by atoms with Crippen LogP contribution in [0.15, 0.2) is 0 Å². The lowest BCUT2D eigenvalue weighted by molar-refractivity contribution is -0.135. The SMILES string of the molecule is CC(CN)CCCNCCCC(F)(F)F. The van der Waals surface area contributed by atoms with Gasteiger partial charge in [0.25, 0.3) is 0 Å². The Morgan fingerprint density at radius 3 is 2.33 bits per heavy atom. The molecule has 15 heavy (non-hydrogen) atoms. The quantitative estimate of drug-likeness (QED) is 0.623. The maximum absolute atomic E-state index is 11.7. The Labute approximate surface area is 89.4 Å². The smallest absolute Gasteiger partial charge is 0.330 e. The van der Waals surface area contributed by atoms with Crippen molar-refractivity contribution in [2.24, 2.45) is 11.7 Å². The third kappa shape index (κ3) is 11.6. The molecule has 0 spiro atoms. The molecule has 0 aromatic rings. The van der Waals surface area contributed by atoms with Gasteiger partial charge in [0.1, 0.15) is 0 Å². The van der Waals surface area contributed by atoms with Crippen LogP contribution in [0.3, 0.4) is 0 Å². The maximum Gasteiger partial charge on any atom is 0.389 e. The highest BCUT2D eigenvalue weighted by molar-refractivity contribution is 4.57. The maximum atomic E-state index is 11.7. The van der Waals surface area contributed by atoms with E-state index in [1.807, 2.05) is 0 Å². The highest BCUT2D eigenvalue weighted by Gasteiger charge is 2.25. The molecule has 0 saturated carbocycles. The number of nitrogens with one attached hydrogen (secondary N) is 1. The topological polar surface area (TPSA) is 38.0 Å². The molecule has 5 heteroatoms. The molecule has 0 saturated heterocycles. The molecule has 0 amide bonds. The fourth-order valence-electron chi connectivity index (χ4n) is 1.23. The van der Waals surface area contributed by atoms with E-state index < -0.39 is 12.6 Å². The summed E-state index contributed by atoms with van der Waals surface area (Å²) in [7, 11) is 0. The van der Waals surface area contributed by atoms with Crippen LogP contribution in [0.5, 0.6) is 0 Å². The number of hydrogen-bond acceptors (Lipinski definition) is 2. The molecule has 0 fully saturated rings. The Kier molecular flexibility index (Phi) is 7.78. The first kappa shape index (κ1) is 14.7. The zero-order valence-corrected chi connectivity index (χ0v) is 9.24. The second-order valence-corrected chi connectivity index (χ2v) is 3.95. The molecule has 1 atom stereocenters. The third-order valence-corrected chi connectivity index (χ3v) is 2.27. The number of rotatable bonds is 8. The summed E-state index contributed by atoms with van der Waals surface area (Å²) in [6, 6.07) is 0. The van der Waals surface area contributed by atoms with Crippen molar-refractivity contribution < 1.29 is 13.2 Å². The largest absolute Gasteiger partial charge is 0.389 e. The van der Waals surface area contributed by atoms with Crippen LogP contribution in [0.1, 0.15) is 32.6 Å². The Bertz CT molecular complexity index is 148. The molecule has 0 aromatic carbocycles. The van der Waals surface area contributed by atoms with E-state index in [0.717, 1.165) is 19.4 Å². The van der Waals surface area contributed by atoms with Crippen molar-refractivity contribution in [3.05, 3.63) is 0 Å². The van der Waals surface area contributed by atoms with Gasteiger partial charge in [0, 0.05) is 6.42 Å². The summed E-state index contributed by atoms with van der Waals surface area (Å²) >= 11 is 0. The van der Waals surface area contributed by atoms with Crippen molar-refractivity contribution in [2.75, 3.05) is 19.6 Å². The molecule has 0 rings (SSSR count). The minimum Gasteiger partial charge on any atom is -0.330 e. The van der Waals surface area contributed by atoms with Crippen molar-refractivity contribution in [3.8, 4) is 0 Å². The summed E-state index contributed by atoms with van der Waals surface area (Å²) < 4.78 is 35.2. The minimum absolute atomic E-state index is 0.163. The molecule has 0 aliphatic rings. The van der Waals surface area contributed by atoms with Crippen molar-refractivity contribution >= 4 is 0 Å². The zero-order valence-electron chi connectivity index (χ0n) is 9.24. The molecular weight excluding hydrogens is 205 g/mol. The number of nitrogens with two attached hydrogens (primary N) is 1. The van der Waals surface area contributed by atoms with Crippen LogP contribution in [0.4, 0.5) is 13.2 Å². The van der Waals surface area contributed by atoms with Gasteiger partial charge in [-0.15, -0.1) is 0 Å². The summed E-state index contributed by atoms with van der Waals surface area (Å²) in [5.74, 6) is 0.502. The van der Waals surface area contributed by atoms with Crippen molar-refractivity contribution in [3.63, 3.8) is 0 Å². The normalized spacial score (nSPS) is 14.2. The van der Waals surface area contributed by atoms with Gasteiger partial charge in [-0.05, 0) is 44.8 Å². The van der Waals surface area contributed by atoms with Crippen molar-refractivity contribution in [1.29, 1.82) is 0 Å². The molecule has 0 aromatic heterocycles. The third-order valence-electron chi connectivity index (χ3n) is 2.27. The van der Waals surface area contributed by atoms with E-state index in [4.69, 9.17) is 5.73 Å². The van der Waals surface area contributed by atoms with Crippen LogP contribution in [0.2, 0.25) is 0 Å². The molecule has 3 N–H and O–H groups in total. The zero-order chi connectivity index (χ0) is 11.7. The summed E-state index contributed by atoms with van der Waals surface area (Å²) in [5, 5.41) is 3.00. The molecule has 0 aliphatic heterocycles. The fourth-order valence-corrected chi connectivity index (χ4v) is 1.23. The van der Waals surface area contributed by atoms with E-state index in [9.17, 15) is 13.2 Å². The highest BCUT2D eigenvalue weighted by atomic mass is 19.4. The van der Waals surface area contributed by atoms with Crippen LogP contribution in [-0.2, 0) is 0 Å². The van der Waals surface area contributed by atoms with Crippen LogP contribution in [-0.4, -0.2) is 25.8 Å². The lowest BCUT2D eigenvalue weighted by Gasteiger charge is -2.09. The van der Waals surface area contributed by atoms with Gasteiger partial charge in [-0.1, -0.05) is 6.92 Å². The number of halogens is 3. The first-order valence-corrected chi connectivity index (χ1v) is 5.43. The molecule has 0 bridgehead atoms. The van der Waals surface area contributed by atoms with Gasteiger partial charge in [-0.25, -0.2) is 0 Å². The standard InChI is InChI=1S/C10H21F3N2/c1-9(8-14)4-2-6-15-7-3-5-10(11,12)13/h9,15H,2-8,14H2,1H3. The molecular formula is C10H21F3N2. The molecule has 0 radical (unpaired) electrons. The second kappa shape index (κ2) is 7.93. The summed E-state index contributed by atoms with van der Waals surface area (Å²) in [6.45, 7) is 3.97. The summed E-state index contributed by atoms with van der Waals surface area (Å²) in [5.41, 5.74) is 5.44. The van der Waals surface area contributed by atoms with Gasteiger partial charge in [0.15, 0.2) is 0 Å². The highest BCUT2D eigenvalue weighted by Crippen LogP contribution is 2.20. The minimum atomic E-state index is -4.02. The van der Waals surface area contributed by atoms with Gasteiger partial charge in [0.2, 0.25) is 0 Å². The lowest BCUT2D eigenvalue weighted by atomic mass is 10.1. The average Bonchev–Trinajstić information content (AvgIpc) is 2.14. The van der Waals surface area contributed by atoms with E-state index in [1.54, 1.807) is 0 Å². The fraction of sp³-hybridized carbons (Fsp3) is 1.00. The van der Waals surface area contributed by atoms with E-state index >= 15 is 0 Å². The Morgan fingerprint density at radius 2 is 1.80 bits per heavy atom. The molecule has 1 unspecified atom stereocenters. The molecule has 2 nitrogen and oxygen atoms in total. The van der Waals surface area contributed by atoms with Crippen LogP contribution >= 0.6 is 0 Å². The van der Waals surface area contributed by atoms with E-state index in [1.165, 1.54) is 0 Å². The summed E-state index contributed by atoms with van der Waals surface area (Å²) in [6.07, 6.45) is -2.54. The first-order chi connectivity index (χ1) is 6.95. The van der Waals surface area contributed by atoms with Gasteiger partial charge < -0.3 is 11.1 Å². The van der Waals surface area contributed by atoms with Gasteiger partial charge in [-0.3, -0.25) is 0 Å². The van der Waals surface area contributed by atoms with Crippen LogP contribution < -0.4 is 11.1 Å². The van der Waals surface area contributed by atoms with Gasteiger partial charge >= 0.3 is 6.18 Å². The molecule has 0 aliphatic carbocycles. The number of hydrogen-bond donors (Lipinski definition) is 2. The van der Waals surface area contributed by atoms with E-state index in [2.05, 4.69) is 12.2 Å². The van der Waals surface area contributed by atoms with Crippen LogP contribution in [0, 0.1) is 5.92 Å². The molecule has 92 valence electrons. The van der Waals surface area contributed by atoms with Gasteiger partial charge in [-0.2, -0.15) is 13.2 Å². The van der Waals surface area contributed by atoms with E-state index in [0.29, 0.717) is 19.0 Å². The Balaban J connectivity index is 3.12. The average molecular weight is 226 g/mol. The number of alkyl halides is 3. The predicted molar refractivity (Wildman–Crippen MR) is 55.6 cm³/mol. The van der Waals surface area contributed by atoms with Crippen molar-refractivity contribution in [1.82, 2.24) is 5.32 Å². The van der Waals surface area contributed by atoms with E-state index in [-0.39, 0.29) is 6.42 Å². The summed E-state index contributed by atoms with van der Waals surface area (Å²) in [4.78, 5) is 0.